The van der Waals surface area contributed by atoms with E-state index in [4.69, 9.17) is 0 Å². The number of rotatable bonds is 3. The first kappa shape index (κ1) is 13.7. The summed E-state index contributed by atoms with van der Waals surface area (Å²) in [4.78, 5) is 4.69. The molecule has 0 radical (unpaired) electrons. The Labute approximate surface area is 136 Å². The molecule has 1 aliphatic carbocycles. The Morgan fingerprint density at radius 1 is 0.826 bits per heavy atom. The van der Waals surface area contributed by atoms with Crippen LogP contribution in [0.5, 0.6) is 0 Å². The monoisotopic (exact) mass is 295 g/mol. The van der Waals surface area contributed by atoms with Gasteiger partial charge in [-0.25, -0.2) is 0 Å². The number of hydrogen-bond acceptors (Lipinski definition) is 1. The van der Waals surface area contributed by atoms with Crippen molar-refractivity contribution in [3.63, 3.8) is 0 Å². The summed E-state index contributed by atoms with van der Waals surface area (Å²) >= 11 is 0. The minimum atomic E-state index is 0.977. The number of aliphatic imine (C=N–C) groups is 1. The molecule has 110 valence electrons. The van der Waals surface area contributed by atoms with Gasteiger partial charge in [0, 0.05) is 11.8 Å². The van der Waals surface area contributed by atoms with E-state index in [9.17, 15) is 0 Å². The molecule has 3 aromatic rings. The summed E-state index contributed by atoms with van der Waals surface area (Å²) in [6.07, 6.45) is 9.52. The minimum absolute atomic E-state index is 0.977. The van der Waals surface area contributed by atoms with Crippen LogP contribution in [-0.2, 0) is 0 Å². The molecular formula is C22H17N. The molecule has 1 heteroatoms. The second-order valence-electron chi connectivity index (χ2n) is 5.67. The first-order chi connectivity index (χ1) is 11.4. The maximum Gasteiger partial charge on any atom is 0.0629 e. The summed E-state index contributed by atoms with van der Waals surface area (Å²) in [6, 6.07) is 23.0. The maximum absolute atomic E-state index is 4.69. The molecule has 0 unspecified atom stereocenters. The van der Waals surface area contributed by atoms with Crippen molar-refractivity contribution in [1.82, 2.24) is 0 Å². The van der Waals surface area contributed by atoms with E-state index in [1.165, 1.54) is 27.5 Å². The molecule has 0 heterocycles. The van der Waals surface area contributed by atoms with Crippen LogP contribution in [0, 0.1) is 0 Å². The van der Waals surface area contributed by atoms with Crippen molar-refractivity contribution in [1.29, 1.82) is 0 Å². The fourth-order valence-corrected chi connectivity index (χ4v) is 3.01. The predicted octanol–water partition coefficient (Wildman–Crippen LogP) is 5.93. The number of hydrogen-bond donors (Lipinski definition) is 0. The van der Waals surface area contributed by atoms with Crippen LogP contribution in [-0.4, -0.2) is 6.21 Å². The lowest BCUT2D eigenvalue weighted by atomic mass is 9.94. The first-order valence-electron chi connectivity index (χ1n) is 7.89. The Morgan fingerprint density at radius 3 is 2.48 bits per heavy atom. The number of allylic oxidation sites excluding steroid dienone is 4. The molecule has 0 saturated heterocycles. The summed E-state index contributed by atoms with van der Waals surface area (Å²) in [5.74, 6) is 0. The molecule has 0 amide bonds. The topological polar surface area (TPSA) is 12.4 Å². The number of nitrogens with zero attached hydrogens (tertiary/aromatic N) is 1. The smallest absolute Gasteiger partial charge is 0.0629 e. The van der Waals surface area contributed by atoms with Crippen molar-refractivity contribution in [2.24, 2.45) is 4.99 Å². The van der Waals surface area contributed by atoms with E-state index in [0.717, 1.165) is 12.1 Å². The van der Waals surface area contributed by atoms with E-state index in [0.29, 0.717) is 0 Å². The highest BCUT2D eigenvalue weighted by molar-refractivity contribution is 6.05. The van der Waals surface area contributed by atoms with Crippen molar-refractivity contribution in [2.75, 3.05) is 0 Å². The van der Waals surface area contributed by atoms with E-state index in [2.05, 4.69) is 59.6 Å². The van der Waals surface area contributed by atoms with Gasteiger partial charge in [-0.05, 0) is 40.5 Å². The van der Waals surface area contributed by atoms with Gasteiger partial charge in [0.15, 0.2) is 0 Å². The third-order valence-electron chi connectivity index (χ3n) is 4.19. The van der Waals surface area contributed by atoms with Gasteiger partial charge in [0.1, 0.15) is 0 Å². The summed E-state index contributed by atoms with van der Waals surface area (Å²) < 4.78 is 0. The van der Waals surface area contributed by atoms with Gasteiger partial charge in [0.25, 0.3) is 0 Å². The SMILES string of the molecule is C1=CCC(c2ccc3ccccc3c2/C=N/c2ccccc2)=C1. The molecule has 3 aromatic carbocycles. The standard InChI is InChI=1S/C22H17N/c1-2-11-19(12-3-1)23-16-22-20-13-7-6-10-18(20)14-15-21(22)17-8-4-5-9-17/h1-8,10-16H,9H2/b23-16+. The van der Waals surface area contributed by atoms with Crippen LogP contribution in [0.2, 0.25) is 0 Å². The highest BCUT2D eigenvalue weighted by Crippen LogP contribution is 2.30. The maximum atomic E-state index is 4.69. The number of fused-ring (bicyclic) bond motifs is 1. The highest BCUT2D eigenvalue weighted by Gasteiger charge is 2.10. The highest BCUT2D eigenvalue weighted by atomic mass is 14.7. The lowest BCUT2D eigenvalue weighted by Crippen LogP contribution is -1.93. The molecule has 1 aliphatic rings. The van der Waals surface area contributed by atoms with Gasteiger partial charge in [0.05, 0.1) is 5.69 Å². The van der Waals surface area contributed by atoms with Crippen LogP contribution < -0.4 is 0 Å². The fraction of sp³-hybridized carbons (Fsp3) is 0.0455. The van der Waals surface area contributed by atoms with Gasteiger partial charge in [0.2, 0.25) is 0 Å². The summed E-state index contributed by atoms with van der Waals surface area (Å²) in [5.41, 5.74) is 4.80. The molecule has 0 fully saturated rings. The van der Waals surface area contributed by atoms with Crippen molar-refractivity contribution >= 4 is 28.2 Å². The Kier molecular flexibility index (Phi) is 3.61. The van der Waals surface area contributed by atoms with Crippen LogP contribution >= 0.6 is 0 Å². The van der Waals surface area contributed by atoms with E-state index in [1.54, 1.807) is 0 Å². The molecular weight excluding hydrogens is 278 g/mol. The second-order valence-corrected chi connectivity index (χ2v) is 5.67. The summed E-state index contributed by atoms with van der Waals surface area (Å²) in [5, 5.41) is 2.50. The summed E-state index contributed by atoms with van der Waals surface area (Å²) in [7, 11) is 0. The van der Waals surface area contributed by atoms with Gasteiger partial charge < -0.3 is 0 Å². The third kappa shape index (κ3) is 2.74. The average Bonchev–Trinajstić information content (AvgIpc) is 3.15. The van der Waals surface area contributed by atoms with Crippen LogP contribution in [0.1, 0.15) is 17.5 Å². The Balaban J connectivity index is 1.87. The van der Waals surface area contributed by atoms with Crippen molar-refractivity contribution < 1.29 is 0 Å². The van der Waals surface area contributed by atoms with Crippen molar-refractivity contribution in [2.45, 2.75) is 6.42 Å². The normalized spacial score (nSPS) is 13.8. The minimum Gasteiger partial charge on any atom is -0.256 e. The van der Waals surface area contributed by atoms with Crippen LogP contribution in [0.3, 0.4) is 0 Å². The van der Waals surface area contributed by atoms with Gasteiger partial charge in [-0.3, -0.25) is 4.99 Å². The molecule has 1 nitrogen and oxygen atoms in total. The summed E-state index contributed by atoms with van der Waals surface area (Å²) in [6.45, 7) is 0. The van der Waals surface area contributed by atoms with Crippen LogP contribution in [0.25, 0.3) is 16.3 Å². The van der Waals surface area contributed by atoms with Crippen LogP contribution in [0.4, 0.5) is 5.69 Å². The van der Waals surface area contributed by atoms with Gasteiger partial charge >= 0.3 is 0 Å². The van der Waals surface area contributed by atoms with Crippen LogP contribution in [0.15, 0.2) is 90.0 Å². The van der Waals surface area contributed by atoms with E-state index in [1.807, 2.05) is 36.5 Å². The zero-order chi connectivity index (χ0) is 15.5. The average molecular weight is 295 g/mol. The Bertz CT molecular complexity index is 931. The number of para-hydroxylation sites is 1. The Hall–Kier alpha value is -2.93. The largest absolute Gasteiger partial charge is 0.256 e. The zero-order valence-corrected chi connectivity index (χ0v) is 12.8. The molecule has 0 atom stereocenters. The van der Waals surface area contributed by atoms with Crippen molar-refractivity contribution in [3.8, 4) is 0 Å². The van der Waals surface area contributed by atoms with E-state index >= 15 is 0 Å². The predicted molar refractivity (Wildman–Crippen MR) is 99.4 cm³/mol. The molecule has 0 aromatic heterocycles. The van der Waals surface area contributed by atoms with E-state index in [-0.39, 0.29) is 0 Å². The first-order valence-corrected chi connectivity index (χ1v) is 7.89. The Morgan fingerprint density at radius 2 is 1.65 bits per heavy atom. The quantitative estimate of drug-likeness (QED) is 0.531. The molecule has 0 spiro atoms. The molecule has 23 heavy (non-hydrogen) atoms. The molecule has 0 aliphatic heterocycles. The van der Waals surface area contributed by atoms with Crippen molar-refractivity contribution in [3.05, 3.63) is 96.1 Å². The van der Waals surface area contributed by atoms with Gasteiger partial charge in [-0.1, -0.05) is 72.8 Å². The fourth-order valence-electron chi connectivity index (χ4n) is 3.01. The third-order valence-corrected chi connectivity index (χ3v) is 4.19. The number of benzene rings is 3. The molecule has 0 bridgehead atoms. The van der Waals surface area contributed by atoms with Gasteiger partial charge in [-0.2, -0.15) is 0 Å². The van der Waals surface area contributed by atoms with Gasteiger partial charge in [-0.15, -0.1) is 0 Å². The molecule has 0 saturated carbocycles. The lowest BCUT2D eigenvalue weighted by molar-refractivity contribution is 1.43. The lowest BCUT2D eigenvalue weighted by Gasteiger charge is -2.11. The van der Waals surface area contributed by atoms with E-state index < -0.39 is 0 Å². The second kappa shape index (κ2) is 6.05. The molecule has 4 rings (SSSR count). The molecule has 0 N–H and O–H groups in total. The zero-order valence-electron chi connectivity index (χ0n) is 12.8.